The summed E-state index contributed by atoms with van der Waals surface area (Å²) in [5, 5.41) is 7.46. The molecule has 246 valence electrons. The highest BCUT2D eigenvalue weighted by Crippen LogP contribution is 2.41. The lowest BCUT2D eigenvalue weighted by molar-refractivity contribution is 0.101. The number of halogens is 2. The molecule has 0 saturated carbocycles. The zero-order chi connectivity index (χ0) is 34.1. The van der Waals surface area contributed by atoms with Crippen molar-refractivity contribution in [2.24, 2.45) is 7.05 Å². The van der Waals surface area contributed by atoms with Crippen LogP contribution in [0.4, 0.5) is 14.9 Å². The molecule has 1 N–H and O–H groups in total. The van der Waals surface area contributed by atoms with Crippen LogP contribution < -0.4 is 10.1 Å². The SMILES string of the molecule is CN(C(=O)Oc1ncn(C(c2ccccc2)(c2ccccc2)c2ccccc2)n1)C1CCc2c1cn(C)c2C(=O)Nc1ccc(F)c(Cl)c1. The summed E-state index contributed by atoms with van der Waals surface area (Å²) in [6.45, 7) is 0. The van der Waals surface area contributed by atoms with Crippen LogP contribution in [0.3, 0.4) is 0 Å². The molecule has 0 fully saturated rings. The molecule has 1 aliphatic carbocycles. The van der Waals surface area contributed by atoms with Crippen molar-refractivity contribution < 1.29 is 18.7 Å². The van der Waals surface area contributed by atoms with Gasteiger partial charge >= 0.3 is 12.1 Å². The van der Waals surface area contributed by atoms with E-state index >= 15 is 0 Å². The minimum Gasteiger partial charge on any atom is -0.373 e. The molecule has 1 unspecified atom stereocenters. The fourth-order valence-electron chi connectivity index (χ4n) is 6.82. The van der Waals surface area contributed by atoms with Gasteiger partial charge in [-0.3, -0.25) is 4.79 Å². The van der Waals surface area contributed by atoms with Crippen molar-refractivity contribution in [3.05, 3.63) is 166 Å². The highest BCUT2D eigenvalue weighted by atomic mass is 35.5. The lowest BCUT2D eigenvalue weighted by Crippen LogP contribution is -2.38. The predicted molar refractivity (Wildman–Crippen MR) is 184 cm³/mol. The minimum atomic E-state index is -0.909. The minimum absolute atomic E-state index is 0.0830. The quantitative estimate of drug-likeness (QED) is 0.168. The maximum atomic E-state index is 13.6. The van der Waals surface area contributed by atoms with E-state index in [1.807, 2.05) is 97.2 Å². The number of nitrogens with zero attached hydrogens (tertiary/aromatic N) is 5. The third-order valence-electron chi connectivity index (χ3n) is 9.06. The maximum Gasteiger partial charge on any atom is 0.417 e. The molecule has 4 aromatic carbocycles. The number of hydrogen-bond acceptors (Lipinski definition) is 5. The van der Waals surface area contributed by atoms with Gasteiger partial charge in [0.1, 0.15) is 23.4 Å². The molecule has 0 spiro atoms. The number of hydrogen-bond donors (Lipinski definition) is 1. The molecule has 0 bridgehead atoms. The standard InChI is InChI=1S/C38H32ClFN6O3/c1-44-23-30-29(34(44)35(47)42-28-18-20-32(40)31(39)22-28)19-21-33(30)45(2)37(48)49-36-41-24-46(43-36)38(25-12-6-3-7-13-25,26-14-8-4-9-15-26)27-16-10-5-11-17-27/h3-18,20,22-24,33H,19,21H2,1-2H3,(H,42,47). The number of rotatable bonds is 8. The second-order valence-electron chi connectivity index (χ2n) is 11.9. The summed E-state index contributed by atoms with van der Waals surface area (Å²) in [7, 11) is 3.43. The van der Waals surface area contributed by atoms with Crippen LogP contribution in [0.25, 0.3) is 0 Å². The van der Waals surface area contributed by atoms with Crippen molar-refractivity contribution in [1.29, 1.82) is 0 Å². The van der Waals surface area contributed by atoms with E-state index in [4.69, 9.17) is 21.4 Å². The molecule has 0 radical (unpaired) electrons. The molecule has 2 aromatic heterocycles. The van der Waals surface area contributed by atoms with Gasteiger partial charge in [0.25, 0.3) is 5.91 Å². The molecule has 49 heavy (non-hydrogen) atoms. The van der Waals surface area contributed by atoms with E-state index in [0.29, 0.717) is 24.2 Å². The molecule has 0 saturated heterocycles. The number of anilines is 1. The van der Waals surface area contributed by atoms with E-state index < -0.39 is 17.4 Å². The monoisotopic (exact) mass is 674 g/mol. The van der Waals surface area contributed by atoms with E-state index in [0.717, 1.165) is 27.8 Å². The first-order chi connectivity index (χ1) is 23.8. The van der Waals surface area contributed by atoms with E-state index in [2.05, 4.69) is 10.3 Å². The summed E-state index contributed by atoms with van der Waals surface area (Å²) in [4.78, 5) is 32.8. The summed E-state index contributed by atoms with van der Waals surface area (Å²) in [5.74, 6) is -0.923. The van der Waals surface area contributed by atoms with E-state index in [1.54, 1.807) is 29.7 Å². The third-order valence-corrected chi connectivity index (χ3v) is 9.35. The Labute approximate surface area is 287 Å². The van der Waals surface area contributed by atoms with Crippen molar-refractivity contribution in [3.8, 4) is 6.01 Å². The first-order valence-corrected chi connectivity index (χ1v) is 16.1. The van der Waals surface area contributed by atoms with Gasteiger partial charge in [-0.15, -0.1) is 5.10 Å². The van der Waals surface area contributed by atoms with Gasteiger partial charge in [0.15, 0.2) is 0 Å². The number of ether oxygens (including phenoxy) is 1. The summed E-state index contributed by atoms with van der Waals surface area (Å²) in [6, 6.07) is 33.6. The average Bonchev–Trinajstić information content (AvgIpc) is 3.83. The lowest BCUT2D eigenvalue weighted by atomic mass is 9.77. The molecule has 6 aromatic rings. The van der Waals surface area contributed by atoms with Crippen molar-refractivity contribution in [1.82, 2.24) is 24.2 Å². The molecule has 2 heterocycles. The van der Waals surface area contributed by atoms with E-state index in [-0.39, 0.29) is 23.0 Å². The number of aryl methyl sites for hydroxylation is 1. The zero-order valence-electron chi connectivity index (χ0n) is 26.8. The zero-order valence-corrected chi connectivity index (χ0v) is 27.5. The molecular weight excluding hydrogens is 643 g/mol. The van der Waals surface area contributed by atoms with Crippen molar-refractivity contribution in [2.75, 3.05) is 12.4 Å². The molecule has 9 nitrogen and oxygen atoms in total. The van der Waals surface area contributed by atoms with Crippen LogP contribution in [-0.4, -0.2) is 43.3 Å². The Kier molecular flexibility index (Phi) is 8.48. The highest BCUT2D eigenvalue weighted by Gasteiger charge is 2.40. The first-order valence-electron chi connectivity index (χ1n) is 15.7. The van der Waals surface area contributed by atoms with Gasteiger partial charge in [0.2, 0.25) is 0 Å². The van der Waals surface area contributed by atoms with E-state index in [9.17, 15) is 14.0 Å². The topological polar surface area (TPSA) is 94.3 Å². The third kappa shape index (κ3) is 5.74. The molecule has 1 aliphatic rings. The molecule has 11 heteroatoms. The van der Waals surface area contributed by atoms with Crippen LogP contribution >= 0.6 is 11.6 Å². The summed E-state index contributed by atoms with van der Waals surface area (Å²) in [6.07, 6.45) is 3.98. The lowest BCUT2D eigenvalue weighted by Gasteiger charge is -2.35. The fourth-order valence-corrected chi connectivity index (χ4v) is 7.00. The van der Waals surface area contributed by atoms with Gasteiger partial charge in [0, 0.05) is 26.0 Å². The molecule has 1 atom stereocenters. The predicted octanol–water partition coefficient (Wildman–Crippen LogP) is 7.62. The van der Waals surface area contributed by atoms with E-state index in [1.165, 1.54) is 23.1 Å². The number of nitrogens with one attached hydrogen (secondary N) is 1. The van der Waals surface area contributed by atoms with Crippen LogP contribution in [0.2, 0.25) is 5.02 Å². The van der Waals surface area contributed by atoms with Crippen molar-refractivity contribution in [2.45, 2.75) is 24.4 Å². The molecule has 0 aliphatic heterocycles. The van der Waals surface area contributed by atoms with Gasteiger partial charge in [-0.1, -0.05) is 103 Å². The number of carbonyl (C=O) groups excluding carboxylic acids is 2. The first kappa shape index (κ1) is 31.8. The molecule has 7 rings (SSSR count). The Bertz CT molecular complexity index is 2040. The van der Waals surface area contributed by atoms with Crippen LogP contribution in [0, 0.1) is 5.82 Å². The highest BCUT2D eigenvalue weighted by molar-refractivity contribution is 6.31. The fraction of sp³-hybridized carbons (Fsp3) is 0.158. The van der Waals surface area contributed by atoms with Gasteiger partial charge in [-0.2, -0.15) is 4.98 Å². The van der Waals surface area contributed by atoms with Crippen LogP contribution in [0.15, 0.2) is 122 Å². The van der Waals surface area contributed by atoms with Crippen LogP contribution in [0.1, 0.15) is 50.8 Å². The number of amides is 2. The number of benzene rings is 4. The van der Waals surface area contributed by atoms with Crippen molar-refractivity contribution in [3.63, 3.8) is 0 Å². The molecule has 2 amide bonds. The second-order valence-corrected chi connectivity index (χ2v) is 12.3. The average molecular weight is 675 g/mol. The maximum absolute atomic E-state index is 13.6. The Morgan fingerprint density at radius 2 is 1.53 bits per heavy atom. The Balaban J connectivity index is 1.15. The normalized spacial score (nSPS) is 13.9. The van der Waals surface area contributed by atoms with Gasteiger partial charge in [0.05, 0.1) is 11.1 Å². The number of aromatic nitrogens is 4. The van der Waals surface area contributed by atoms with Crippen molar-refractivity contribution >= 4 is 29.3 Å². The van der Waals surface area contributed by atoms with Crippen LogP contribution in [-0.2, 0) is 19.0 Å². The summed E-state index contributed by atoms with van der Waals surface area (Å²) < 4.78 is 22.9. The Hall–Kier alpha value is -5.74. The Morgan fingerprint density at radius 3 is 2.10 bits per heavy atom. The summed E-state index contributed by atoms with van der Waals surface area (Å²) >= 11 is 5.91. The Morgan fingerprint density at radius 1 is 0.939 bits per heavy atom. The van der Waals surface area contributed by atoms with Gasteiger partial charge < -0.3 is 19.5 Å². The number of carbonyl (C=O) groups is 2. The summed E-state index contributed by atoms with van der Waals surface area (Å²) in [5.41, 5.74) is 4.47. The number of fused-ring (bicyclic) bond motifs is 1. The van der Waals surface area contributed by atoms with Gasteiger partial charge in [-0.25, -0.2) is 13.9 Å². The molecular formula is C38H32ClFN6O3. The largest absolute Gasteiger partial charge is 0.417 e. The second kappa shape index (κ2) is 13.0. The van der Waals surface area contributed by atoms with Crippen LogP contribution in [0.5, 0.6) is 6.01 Å². The van der Waals surface area contributed by atoms with Gasteiger partial charge in [-0.05, 0) is 58.9 Å². The smallest absolute Gasteiger partial charge is 0.373 e.